The maximum Gasteiger partial charge on any atom is 0.328 e. The van der Waals surface area contributed by atoms with Crippen molar-refractivity contribution in [2.24, 2.45) is 0 Å². The van der Waals surface area contributed by atoms with Crippen LogP contribution < -0.4 is 0 Å². The van der Waals surface area contributed by atoms with Crippen LogP contribution in [0.15, 0.2) is 24.3 Å². The monoisotopic (exact) mass is 287 g/mol. The lowest BCUT2D eigenvalue weighted by Gasteiger charge is -2.17. The molecule has 1 amide bonds. The third-order valence-corrected chi connectivity index (χ3v) is 2.40. The van der Waals surface area contributed by atoms with Crippen LogP contribution in [0.1, 0.15) is 15.9 Å². The first-order chi connectivity index (χ1) is 9.31. The van der Waals surface area contributed by atoms with Gasteiger partial charge >= 0.3 is 5.97 Å². The molecular weight excluding hydrogens is 275 g/mol. The molecule has 0 saturated carbocycles. The van der Waals surface area contributed by atoms with Crippen LogP contribution in [-0.2, 0) is 4.79 Å². The largest absolute Gasteiger partial charge is 0.478 e. The highest BCUT2D eigenvalue weighted by Gasteiger charge is 2.19. The number of carboxylic acid groups (broad SMARTS) is 1. The number of benzene rings is 1. The molecule has 0 saturated heterocycles. The third-order valence-electron chi connectivity index (χ3n) is 2.40. The number of nitrogens with zero attached hydrogens (tertiary/aromatic N) is 1. The van der Waals surface area contributed by atoms with Gasteiger partial charge in [0.2, 0.25) is 0 Å². The molecular formula is C13H12F3NO3. The minimum atomic E-state index is -2.72. The quantitative estimate of drug-likeness (QED) is 0.845. The van der Waals surface area contributed by atoms with E-state index in [2.05, 4.69) is 0 Å². The van der Waals surface area contributed by atoms with Crippen LogP contribution in [0.3, 0.4) is 0 Å². The number of carboxylic acids is 1. The fraction of sp³-hybridized carbons (Fsp3) is 0.231. The molecule has 108 valence electrons. The maximum absolute atomic E-state index is 13.5. The molecule has 0 heterocycles. The Bertz CT molecular complexity index is 544. The predicted octanol–water partition coefficient (Wildman–Crippen LogP) is 2.26. The average Bonchev–Trinajstić information content (AvgIpc) is 2.36. The SMILES string of the molecule is CN(CC(F)F)C(=O)c1cc(/C=C/C(=O)O)ccc1F. The summed E-state index contributed by atoms with van der Waals surface area (Å²) in [5.41, 5.74) is -0.108. The van der Waals surface area contributed by atoms with Crippen molar-refractivity contribution >= 4 is 18.0 Å². The second-order valence-corrected chi connectivity index (χ2v) is 3.99. The molecule has 0 unspecified atom stereocenters. The molecule has 0 aliphatic carbocycles. The highest BCUT2D eigenvalue weighted by Crippen LogP contribution is 2.14. The zero-order valence-corrected chi connectivity index (χ0v) is 10.5. The molecule has 0 aromatic heterocycles. The Morgan fingerprint density at radius 1 is 1.40 bits per heavy atom. The molecule has 0 bridgehead atoms. The number of alkyl halides is 2. The first-order valence-corrected chi connectivity index (χ1v) is 5.55. The van der Waals surface area contributed by atoms with Crippen molar-refractivity contribution in [3.05, 3.63) is 41.2 Å². The fourth-order valence-electron chi connectivity index (χ4n) is 1.47. The Hall–Kier alpha value is -2.31. The Morgan fingerprint density at radius 2 is 2.05 bits per heavy atom. The van der Waals surface area contributed by atoms with E-state index in [1.807, 2.05) is 0 Å². The smallest absolute Gasteiger partial charge is 0.328 e. The van der Waals surface area contributed by atoms with Crippen molar-refractivity contribution in [2.45, 2.75) is 6.43 Å². The average molecular weight is 287 g/mol. The summed E-state index contributed by atoms with van der Waals surface area (Å²) in [4.78, 5) is 22.9. The number of hydrogen-bond acceptors (Lipinski definition) is 2. The number of carbonyl (C=O) groups excluding carboxylic acids is 1. The Balaban J connectivity index is 3.02. The van der Waals surface area contributed by atoms with E-state index in [-0.39, 0.29) is 11.1 Å². The summed E-state index contributed by atoms with van der Waals surface area (Å²) < 4.78 is 37.9. The second-order valence-electron chi connectivity index (χ2n) is 3.99. The van der Waals surface area contributed by atoms with Crippen LogP contribution in [0.5, 0.6) is 0 Å². The van der Waals surface area contributed by atoms with Crippen LogP contribution in [0, 0.1) is 5.82 Å². The molecule has 1 N–H and O–H groups in total. The van der Waals surface area contributed by atoms with Gasteiger partial charge in [-0.2, -0.15) is 0 Å². The fourth-order valence-corrected chi connectivity index (χ4v) is 1.47. The van der Waals surface area contributed by atoms with Crippen LogP contribution >= 0.6 is 0 Å². The number of halogens is 3. The van der Waals surface area contributed by atoms with Gasteiger partial charge in [0.1, 0.15) is 5.82 Å². The van der Waals surface area contributed by atoms with Crippen LogP contribution in [0.2, 0.25) is 0 Å². The van der Waals surface area contributed by atoms with Gasteiger partial charge in [-0.3, -0.25) is 4.79 Å². The lowest BCUT2D eigenvalue weighted by molar-refractivity contribution is -0.131. The molecule has 20 heavy (non-hydrogen) atoms. The number of amides is 1. The van der Waals surface area contributed by atoms with Gasteiger partial charge in [-0.25, -0.2) is 18.0 Å². The first kappa shape index (κ1) is 15.7. The molecule has 1 aromatic carbocycles. The standard InChI is InChI=1S/C13H12F3NO3/c1-17(7-11(15)16)13(20)9-6-8(2-4-10(9)14)3-5-12(18)19/h2-6,11H,7H2,1H3,(H,18,19)/b5-3+. The second kappa shape index (κ2) is 6.74. The van der Waals surface area contributed by atoms with Crippen molar-refractivity contribution in [2.75, 3.05) is 13.6 Å². The van der Waals surface area contributed by atoms with Crippen molar-refractivity contribution in [1.82, 2.24) is 4.90 Å². The minimum absolute atomic E-state index is 0.280. The summed E-state index contributed by atoms with van der Waals surface area (Å²) in [6.07, 6.45) is -0.724. The van der Waals surface area contributed by atoms with Gasteiger partial charge < -0.3 is 10.0 Å². The van der Waals surface area contributed by atoms with Gasteiger partial charge in [0.25, 0.3) is 12.3 Å². The highest BCUT2D eigenvalue weighted by atomic mass is 19.3. The van der Waals surface area contributed by atoms with Crippen LogP contribution in [-0.4, -0.2) is 41.9 Å². The number of carbonyl (C=O) groups is 2. The summed E-state index contributed by atoms with van der Waals surface area (Å²) in [6, 6.07) is 3.36. The molecule has 0 aliphatic heterocycles. The normalized spacial score (nSPS) is 11.1. The summed E-state index contributed by atoms with van der Waals surface area (Å²) >= 11 is 0. The molecule has 0 fully saturated rings. The van der Waals surface area contributed by atoms with Crippen molar-refractivity contribution in [1.29, 1.82) is 0 Å². The van der Waals surface area contributed by atoms with Crippen LogP contribution in [0.25, 0.3) is 6.08 Å². The first-order valence-electron chi connectivity index (χ1n) is 5.55. The van der Waals surface area contributed by atoms with Gasteiger partial charge in [0.15, 0.2) is 0 Å². The van der Waals surface area contributed by atoms with E-state index in [9.17, 15) is 22.8 Å². The molecule has 7 heteroatoms. The molecule has 0 aliphatic rings. The lowest BCUT2D eigenvalue weighted by atomic mass is 10.1. The van der Waals surface area contributed by atoms with E-state index in [0.717, 1.165) is 25.3 Å². The molecule has 0 radical (unpaired) electrons. The Kier molecular flexibility index (Phi) is 5.31. The Morgan fingerprint density at radius 3 is 2.60 bits per heavy atom. The van der Waals surface area contributed by atoms with Gasteiger partial charge in [-0.1, -0.05) is 6.07 Å². The zero-order chi connectivity index (χ0) is 15.3. The number of rotatable bonds is 5. The van der Waals surface area contributed by atoms with E-state index >= 15 is 0 Å². The van der Waals surface area contributed by atoms with Gasteiger partial charge in [-0.15, -0.1) is 0 Å². The van der Waals surface area contributed by atoms with Crippen molar-refractivity contribution in [3.8, 4) is 0 Å². The van der Waals surface area contributed by atoms with E-state index in [4.69, 9.17) is 5.11 Å². The summed E-state index contributed by atoms with van der Waals surface area (Å²) in [6.45, 7) is -0.812. The molecule has 1 rings (SSSR count). The zero-order valence-electron chi connectivity index (χ0n) is 10.5. The van der Waals surface area contributed by atoms with E-state index in [0.29, 0.717) is 4.90 Å². The number of hydrogen-bond donors (Lipinski definition) is 1. The predicted molar refractivity (Wildman–Crippen MR) is 66.0 cm³/mol. The summed E-state index contributed by atoms with van der Waals surface area (Å²) in [7, 11) is 1.13. The summed E-state index contributed by atoms with van der Waals surface area (Å²) in [5.74, 6) is -2.95. The van der Waals surface area contributed by atoms with Gasteiger partial charge in [0.05, 0.1) is 12.1 Å². The molecule has 1 aromatic rings. The Labute approximate surface area is 113 Å². The van der Waals surface area contributed by atoms with Crippen LogP contribution in [0.4, 0.5) is 13.2 Å². The summed E-state index contributed by atoms with van der Waals surface area (Å²) in [5, 5.41) is 8.48. The van der Waals surface area contributed by atoms with Crippen molar-refractivity contribution in [3.63, 3.8) is 0 Å². The maximum atomic E-state index is 13.5. The van der Waals surface area contributed by atoms with Gasteiger partial charge in [-0.05, 0) is 23.8 Å². The van der Waals surface area contributed by atoms with Gasteiger partial charge in [0, 0.05) is 13.1 Å². The van der Waals surface area contributed by atoms with E-state index in [1.165, 1.54) is 12.1 Å². The molecule has 0 spiro atoms. The van der Waals surface area contributed by atoms with E-state index < -0.39 is 30.7 Å². The topological polar surface area (TPSA) is 57.6 Å². The number of aliphatic carboxylic acids is 1. The van der Waals surface area contributed by atoms with E-state index in [1.54, 1.807) is 0 Å². The lowest BCUT2D eigenvalue weighted by Crippen LogP contribution is -2.31. The third kappa shape index (κ3) is 4.42. The minimum Gasteiger partial charge on any atom is -0.478 e. The molecule has 0 atom stereocenters. The highest BCUT2D eigenvalue weighted by molar-refractivity contribution is 5.95. The molecule has 4 nitrogen and oxygen atoms in total. The van der Waals surface area contributed by atoms with Crippen molar-refractivity contribution < 1.29 is 27.9 Å².